The summed E-state index contributed by atoms with van der Waals surface area (Å²) < 4.78 is 4.66. The number of hydrazone groups is 1. The SMILES string of the molecule is Cc1ccc(Nc2nc3nonc3nc2NN=Cc2cc([N+](=O)[O-])c(Cl)cc2Cl)cc1. The number of nitrogens with zero attached hydrogens (tertiary/aromatic N) is 6. The first kappa shape index (κ1) is 20.4. The van der Waals surface area contributed by atoms with Gasteiger partial charge in [-0.2, -0.15) is 10.1 Å². The van der Waals surface area contributed by atoms with Gasteiger partial charge in [-0.15, -0.1) is 0 Å². The van der Waals surface area contributed by atoms with Crippen molar-refractivity contribution in [3.8, 4) is 0 Å². The molecule has 2 heterocycles. The van der Waals surface area contributed by atoms with Crippen LogP contribution in [-0.4, -0.2) is 31.4 Å². The molecule has 31 heavy (non-hydrogen) atoms. The van der Waals surface area contributed by atoms with E-state index in [1.165, 1.54) is 18.3 Å². The monoisotopic (exact) mass is 458 g/mol. The summed E-state index contributed by atoms with van der Waals surface area (Å²) in [6, 6.07) is 10.1. The summed E-state index contributed by atoms with van der Waals surface area (Å²) in [5.41, 5.74) is 4.97. The summed E-state index contributed by atoms with van der Waals surface area (Å²) >= 11 is 11.9. The van der Waals surface area contributed by atoms with Gasteiger partial charge < -0.3 is 5.32 Å². The summed E-state index contributed by atoms with van der Waals surface area (Å²) in [6.07, 6.45) is 1.30. The molecule has 0 aliphatic heterocycles. The Morgan fingerprint density at radius 2 is 1.74 bits per heavy atom. The number of halogens is 2. The summed E-state index contributed by atoms with van der Waals surface area (Å²) in [7, 11) is 0. The molecule has 0 aliphatic carbocycles. The van der Waals surface area contributed by atoms with Crippen molar-refractivity contribution in [1.29, 1.82) is 0 Å². The molecule has 0 fully saturated rings. The van der Waals surface area contributed by atoms with E-state index >= 15 is 0 Å². The molecule has 4 aromatic rings. The Morgan fingerprint density at radius 1 is 1.06 bits per heavy atom. The fraction of sp³-hybridized carbons (Fsp3) is 0.0556. The summed E-state index contributed by atoms with van der Waals surface area (Å²) in [6.45, 7) is 1.98. The van der Waals surface area contributed by atoms with Crippen LogP contribution in [0.1, 0.15) is 11.1 Å². The van der Waals surface area contributed by atoms with Gasteiger partial charge >= 0.3 is 0 Å². The highest BCUT2D eigenvalue weighted by Gasteiger charge is 2.16. The number of aryl methyl sites for hydroxylation is 1. The van der Waals surface area contributed by atoms with Crippen molar-refractivity contribution in [3.05, 3.63) is 67.7 Å². The third-order valence-electron chi connectivity index (χ3n) is 4.07. The van der Waals surface area contributed by atoms with Crippen LogP contribution in [0.25, 0.3) is 11.3 Å². The maximum absolute atomic E-state index is 11.1. The van der Waals surface area contributed by atoms with Crippen molar-refractivity contribution < 1.29 is 9.55 Å². The normalized spacial score (nSPS) is 11.2. The Labute approximate surface area is 184 Å². The van der Waals surface area contributed by atoms with Gasteiger partial charge in [-0.25, -0.2) is 9.61 Å². The van der Waals surface area contributed by atoms with Crippen LogP contribution in [0.3, 0.4) is 0 Å². The van der Waals surface area contributed by atoms with Gasteiger partial charge in [0.2, 0.25) is 11.3 Å². The number of anilines is 3. The second-order valence-electron chi connectivity index (χ2n) is 6.28. The van der Waals surface area contributed by atoms with E-state index in [-0.39, 0.29) is 38.4 Å². The molecule has 156 valence electrons. The minimum absolute atomic E-state index is 0.0699. The highest BCUT2D eigenvalue weighted by Crippen LogP contribution is 2.30. The molecule has 0 amide bonds. The predicted octanol–water partition coefficient (Wildman–Crippen LogP) is 4.73. The van der Waals surface area contributed by atoms with Gasteiger partial charge in [-0.3, -0.25) is 15.5 Å². The molecule has 2 aromatic carbocycles. The third-order valence-corrected chi connectivity index (χ3v) is 4.70. The third kappa shape index (κ3) is 4.52. The number of nitrogens with one attached hydrogen (secondary N) is 2. The first-order valence-electron chi connectivity index (χ1n) is 8.67. The van der Waals surface area contributed by atoms with Crippen molar-refractivity contribution >= 4 is 63.7 Å². The van der Waals surface area contributed by atoms with Crippen LogP contribution in [0, 0.1) is 17.0 Å². The Bertz CT molecular complexity index is 1310. The first-order chi connectivity index (χ1) is 14.9. The van der Waals surface area contributed by atoms with Gasteiger partial charge in [0.15, 0.2) is 11.6 Å². The standard InChI is InChI=1S/C18H12Cl2N8O3/c1-9-2-4-11(5-3-9)22-15-16(24-18-17(23-15)26-31-27-18)25-21-8-10-6-14(28(29)30)13(20)7-12(10)19/h2-8H,1H3,(H,22,23,26)(H,24,25,27). The van der Waals surface area contributed by atoms with Gasteiger partial charge in [-0.1, -0.05) is 40.9 Å². The molecular weight excluding hydrogens is 447 g/mol. The lowest BCUT2D eigenvalue weighted by Crippen LogP contribution is -2.03. The molecule has 2 aromatic heterocycles. The van der Waals surface area contributed by atoms with Crippen LogP contribution in [-0.2, 0) is 0 Å². The summed E-state index contributed by atoms with van der Waals surface area (Å²) in [5.74, 6) is 0.539. The predicted molar refractivity (Wildman–Crippen MR) is 116 cm³/mol. The van der Waals surface area contributed by atoms with E-state index in [1.54, 1.807) is 0 Å². The number of aromatic nitrogens is 4. The fourth-order valence-electron chi connectivity index (χ4n) is 2.53. The Morgan fingerprint density at radius 3 is 2.42 bits per heavy atom. The maximum atomic E-state index is 11.1. The van der Waals surface area contributed by atoms with E-state index in [9.17, 15) is 10.1 Å². The molecule has 0 radical (unpaired) electrons. The number of nitro groups is 1. The highest BCUT2D eigenvalue weighted by molar-refractivity contribution is 6.37. The minimum atomic E-state index is -0.607. The Balaban J connectivity index is 1.64. The quantitative estimate of drug-likeness (QED) is 0.238. The van der Waals surface area contributed by atoms with Crippen molar-refractivity contribution in [3.63, 3.8) is 0 Å². The van der Waals surface area contributed by atoms with E-state index < -0.39 is 4.92 Å². The van der Waals surface area contributed by atoms with Crippen molar-refractivity contribution in [2.75, 3.05) is 10.7 Å². The van der Waals surface area contributed by atoms with Crippen LogP contribution in [0.5, 0.6) is 0 Å². The van der Waals surface area contributed by atoms with E-state index in [4.69, 9.17) is 23.2 Å². The van der Waals surface area contributed by atoms with Crippen LogP contribution < -0.4 is 10.7 Å². The molecule has 0 spiro atoms. The van der Waals surface area contributed by atoms with Crippen LogP contribution >= 0.6 is 23.2 Å². The molecule has 0 bridgehead atoms. The smallest absolute Gasteiger partial charge is 0.288 e. The second-order valence-corrected chi connectivity index (χ2v) is 7.09. The number of rotatable bonds is 6. The lowest BCUT2D eigenvalue weighted by atomic mass is 10.2. The van der Waals surface area contributed by atoms with Crippen LogP contribution in [0.15, 0.2) is 46.1 Å². The number of fused-ring (bicyclic) bond motifs is 1. The van der Waals surface area contributed by atoms with Crippen LogP contribution in [0.4, 0.5) is 23.0 Å². The zero-order valence-corrected chi connectivity index (χ0v) is 17.2. The van der Waals surface area contributed by atoms with Gasteiger partial charge in [0.25, 0.3) is 5.69 Å². The van der Waals surface area contributed by atoms with Crippen LogP contribution in [0.2, 0.25) is 10.0 Å². The molecule has 2 N–H and O–H groups in total. The van der Waals surface area contributed by atoms with E-state index in [1.807, 2.05) is 31.2 Å². The number of hydrogen-bond acceptors (Lipinski definition) is 10. The summed E-state index contributed by atoms with van der Waals surface area (Å²) in [5, 5.41) is 25.8. The van der Waals surface area contributed by atoms with Crippen molar-refractivity contribution in [1.82, 2.24) is 20.3 Å². The lowest BCUT2D eigenvalue weighted by molar-refractivity contribution is -0.384. The Hall–Kier alpha value is -3.83. The molecule has 0 saturated carbocycles. The van der Waals surface area contributed by atoms with Gasteiger partial charge in [-0.05, 0) is 35.4 Å². The molecule has 11 nitrogen and oxygen atoms in total. The number of benzene rings is 2. The zero-order valence-electron chi connectivity index (χ0n) is 15.7. The number of hydrogen-bond donors (Lipinski definition) is 2. The zero-order chi connectivity index (χ0) is 22.0. The van der Waals surface area contributed by atoms with E-state index in [0.29, 0.717) is 5.82 Å². The highest BCUT2D eigenvalue weighted by atomic mass is 35.5. The molecule has 13 heteroatoms. The summed E-state index contributed by atoms with van der Waals surface area (Å²) in [4.78, 5) is 19.1. The molecule has 0 saturated heterocycles. The average Bonchev–Trinajstić information content (AvgIpc) is 3.18. The average molecular weight is 459 g/mol. The van der Waals surface area contributed by atoms with E-state index in [0.717, 1.165) is 11.3 Å². The topological polar surface area (TPSA) is 144 Å². The second kappa shape index (κ2) is 8.50. The molecule has 4 rings (SSSR count). The first-order valence-corrected chi connectivity index (χ1v) is 9.43. The molecule has 0 aliphatic rings. The lowest BCUT2D eigenvalue weighted by Gasteiger charge is -2.09. The Kier molecular flexibility index (Phi) is 5.60. The largest absolute Gasteiger partial charge is 0.337 e. The molecular formula is C18H12Cl2N8O3. The van der Waals surface area contributed by atoms with Gasteiger partial charge in [0.1, 0.15) is 5.02 Å². The minimum Gasteiger partial charge on any atom is -0.337 e. The van der Waals surface area contributed by atoms with Gasteiger partial charge in [0, 0.05) is 17.3 Å². The van der Waals surface area contributed by atoms with Crippen molar-refractivity contribution in [2.45, 2.75) is 6.92 Å². The van der Waals surface area contributed by atoms with E-state index in [2.05, 4.69) is 40.8 Å². The van der Waals surface area contributed by atoms with Gasteiger partial charge in [0.05, 0.1) is 16.2 Å². The van der Waals surface area contributed by atoms with Crippen molar-refractivity contribution in [2.24, 2.45) is 5.10 Å². The molecule has 0 atom stereocenters. The molecule has 0 unspecified atom stereocenters. The maximum Gasteiger partial charge on any atom is 0.288 e. The number of nitro benzene ring substituents is 1. The fourth-order valence-corrected chi connectivity index (χ4v) is 3.03.